The first-order valence-corrected chi connectivity index (χ1v) is 12.4. The lowest BCUT2D eigenvalue weighted by atomic mass is 10.1. The Hall–Kier alpha value is -3.24. The van der Waals surface area contributed by atoms with Crippen LogP contribution >= 0.6 is 23.5 Å². The molecule has 2 aromatic carbocycles. The largest absolute Gasteiger partial charge is 0.493 e. The van der Waals surface area contributed by atoms with Crippen LogP contribution in [-0.4, -0.2) is 47.0 Å². The number of nitrogens with zero attached hydrogens (tertiary/aromatic N) is 2. The number of hydrogen-bond donors (Lipinski definition) is 1. The molecule has 10 heteroatoms. The van der Waals surface area contributed by atoms with Crippen molar-refractivity contribution in [3.8, 4) is 17.2 Å². The standard InChI is InChI=1S/C24H23N3O5S2/c1-14(28)15-4-6-16(7-5-15)25-21(29)13-34-24-26-18-10-11-33-22(18)23(30)27(24)17-8-9-19(31-2)20(12-17)32-3/h4-9,12H,10-11,13H2,1-3H3,(H,25,29). The minimum absolute atomic E-state index is 0.0394. The molecular weight excluding hydrogens is 474 g/mol. The molecule has 1 aromatic heterocycles. The summed E-state index contributed by atoms with van der Waals surface area (Å²) < 4.78 is 12.2. The van der Waals surface area contributed by atoms with E-state index in [9.17, 15) is 14.4 Å². The zero-order chi connectivity index (χ0) is 24.2. The van der Waals surface area contributed by atoms with Gasteiger partial charge >= 0.3 is 0 Å². The van der Waals surface area contributed by atoms with Crippen molar-refractivity contribution in [3.05, 3.63) is 64.1 Å². The van der Waals surface area contributed by atoms with Crippen molar-refractivity contribution < 1.29 is 19.1 Å². The highest BCUT2D eigenvalue weighted by Crippen LogP contribution is 2.33. The van der Waals surface area contributed by atoms with Crippen LogP contribution in [0.2, 0.25) is 0 Å². The number of fused-ring (bicyclic) bond motifs is 1. The van der Waals surface area contributed by atoms with E-state index >= 15 is 0 Å². The molecule has 0 aliphatic carbocycles. The van der Waals surface area contributed by atoms with Crippen LogP contribution in [0.5, 0.6) is 11.5 Å². The third-order valence-electron chi connectivity index (χ3n) is 5.20. The maximum absolute atomic E-state index is 13.3. The third kappa shape index (κ3) is 4.97. The van der Waals surface area contributed by atoms with Gasteiger partial charge in [-0.25, -0.2) is 4.98 Å². The molecule has 2 heterocycles. The molecule has 1 amide bonds. The average molecular weight is 498 g/mol. The van der Waals surface area contributed by atoms with Crippen LogP contribution in [0.15, 0.2) is 57.3 Å². The van der Waals surface area contributed by atoms with Crippen molar-refractivity contribution in [3.63, 3.8) is 0 Å². The fourth-order valence-electron chi connectivity index (χ4n) is 3.50. The number of ether oxygens (including phenoxy) is 2. The van der Waals surface area contributed by atoms with Gasteiger partial charge in [-0.1, -0.05) is 11.8 Å². The molecule has 1 N–H and O–H groups in total. The maximum atomic E-state index is 13.3. The van der Waals surface area contributed by atoms with Crippen molar-refractivity contribution in [2.45, 2.75) is 23.4 Å². The fraction of sp³-hybridized carbons (Fsp3) is 0.250. The number of nitrogens with one attached hydrogen (secondary N) is 1. The van der Waals surface area contributed by atoms with Crippen molar-refractivity contribution >= 4 is 40.9 Å². The van der Waals surface area contributed by atoms with Gasteiger partial charge < -0.3 is 14.8 Å². The highest BCUT2D eigenvalue weighted by molar-refractivity contribution is 8.00. The quantitative estimate of drug-likeness (QED) is 0.285. The number of methoxy groups -OCH3 is 2. The van der Waals surface area contributed by atoms with Crippen LogP contribution in [0.1, 0.15) is 23.0 Å². The Bertz CT molecular complexity index is 1310. The number of aryl methyl sites for hydroxylation is 1. The summed E-state index contributed by atoms with van der Waals surface area (Å²) in [5.41, 5.74) is 2.34. The topological polar surface area (TPSA) is 99.5 Å². The van der Waals surface area contributed by atoms with Gasteiger partial charge in [-0.05, 0) is 43.3 Å². The molecule has 0 spiro atoms. The van der Waals surface area contributed by atoms with Crippen molar-refractivity contribution in [1.82, 2.24) is 9.55 Å². The van der Waals surface area contributed by atoms with Gasteiger partial charge in [0.15, 0.2) is 22.4 Å². The molecule has 0 saturated heterocycles. The zero-order valence-electron chi connectivity index (χ0n) is 18.9. The van der Waals surface area contributed by atoms with Gasteiger partial charge in [0.05, 0.1) is 36.2 Å². The summed E-state index contributed by atoms with van der Waals surface area (Å²) in [6.45, 7) is 1.49. The van der Waals surface area contributed by atoms with Crippen molar-refractivity contribution in [1.29, 1.82) is 0 Å². The summed E-state index contributed by atoms with van der Waals surface area (Å²) in [4.78, 5) is 42.7. The molecule has 0 bridgehead atoms. The second-order valence-corrected chi connectivity index (χ2v) is 9.47. The second kappa shape index (κ2) is 10.4. The molecule has 8 nitrogen and oxygen atoms in total. The number of aromatic nitrogens is 2. The molecular formula is C24H23N3O5S2. The van der Waals surface area contributed by atoms with Gasteiger partial charge in [-0.3, -0.25) is 19.0 Å². The minimum Gasteiger partial charge on any atom is -0.493 e. The van der Waals surface area contributed by atoms with Gasteiger partial charge in [0.25, 0.3) is 5.56 Å². The number of ketones is 1. The molecule has 34 heavy (non-hydrogen) atoms. The van der Waals surface area contributed by atoms with E-state index in [4.69, 9.17) is 14.5 Å². The van der Waals surface area contributed by atoms with Gasteiger partial charge in [-0.2, -0.15) is 0 Å². The van der Waals surface area contributed by atoms with Gasteiger partial charge in [0, 0.05) is 29.5 Å². The number of carbonyl (C=O) groups excluding carboxylic acids is 2. The Kier molecular flexibility index (Phi) is 7.28. The summed E-state index contributed by atoms with van der Waals surface area (Å²) in [5.74, 6) is 1.61. The van der Waals surface area contributed by atoms with E-state index in [2.05, 4.69) is 5.32 Å². The van der Waals surface area contributed by atoms with E-state index in [1.165, 1.54) is 42.1 Å². The number of thioether (sulfide) groups is 2. The molecule has 1 aliphatic rings. The van der Waals surface area contributed by atoms with Crippen LogP contribution in [0, 0.1) is 0 Å². The molecule has 0 unspecified atom stereocenters. The Morgan fingerprint density at radius 1 is 1.12 bits per heavy atom. The molecule has 0 atom stereocenters. The van der Waals surface area contributed by atoms with E-state index in [-0.39, 0.29) is 23.0 Å². The number of hydrogen-bond acceptors (Lipinski definition) is 8. The predicted molar refractivity (Wildman–Crippen MR) is 133 cm³/mol. The second-order valence-electron chi connectivity index (χ2n) is 7.42. The fourth-order valence-corrected chi connectivity index (χ4v) is 5.35. The number of anilines is 1. The first-order valence-electron chi connectivity index (χ1n) is 10.5. The molecule has 0 saturated carbocycles. The van der Waals surface area contributed by atoms with E-state index in [0.717, 1.165) is 11.4 Å². The maximum Gasteiger partial charge on any atom is 0.272 e. The van der Waals surface area contributed by atoms with Crippen LogP contribution in [0.3, 0.4) is 0 Å². The Morgan fingerprint density at radius 3 is 2.53 bits per heavy atom. The van der Waals surface area contributed by atoms with Gasteiger partial charge in [-0.15, -0.1) is 11.8 Å². The highest BCUT2D eigenvalue weighted by atomic mass is 32.2. The first-order chi connectivity index (χ1) is 16.4. The summed E-state index contributed by atoms with van der Waals surface area (Å²) >= 11 is 2.68. The Labute approximate surface area is 205 Å². The van der Waals surface area contributed by atoms with E-state index in [1.807, 2.05) is 0 Å². The molecule has 0 fully saturated rings. The molecule has 0 radical (unpaired) electrons. The number of amides is 1. The number of rotatable bonds is 8. The zero-order valence-corrected chi connectivity index (χ0v) is 20.5. The molecule has 3 aromatic rings. The summed E-state index contributed by atoms with van der Waals surface area (Å²) in [6.07, 6.45) is 0.713. The van der Waals surface area contributed by atoms with Crippen LogP contribution < -0.4 is 20.3 Å². The number of Topliss-reactive ketones (excluding diaryl/α,β-unsaturated/α-hetero) is 1. The summed E-state index contributed by atoms with van der Waals surface area (Å²) in [7, 11) is 3.08. The van der Waals surface area contributed by atoms with Crippen LogP contribution in [0.4, 0.5) is 5.69 Å². The molecule has 4 rings (SSSR count). The third-order valence-corrected chi connectivity index (χ3v) is 7.25. The summed E-state index contributed by atoms with van der Waals surface area (Å²) in [5, 5.41) is 3.24. The van der Waals surface area contributed by atoms with Crippen molar-refractivity contribution in [2.24, 2.45) is 0 Å². The molecule has 176 valence electrons. The van der Waals surface area contributed by atoms with Gasteiger partial charge in [0.1, 0.15) is 0 Å². The normalized spacial score (nSPS) is 12.2. The monoisotopic (exact) mass is 497 g/mol. The van der Waals surface area contributed by atoms with Gasteiger partial charge in [0.2, 0.25) is 5.91 Å². The van der Waals surface area contributed by atoms with Crippen molar-refractivity contribution in [2.75, 3.05) is 31.0 Å². The van der Waals surface area contributed by atoms with E-state index in [1.54, 1.807) is 49.6 Å². The Morgan fingerprint density at radius 2 is 1.85 bits per heavy atom. The van der Waals surface area contributed by atoms with E-state index in [0.29, 0.717) is 44.9 Å². The highest BCUT2D eigenvalue weighted by Gasteiger charge is 2.23. The average Bonchev–Trinajstić information content (AvgIpc) is 3.32. The van der Waals surface area contributed by atoms with Crippen LogP contribution in [-0.2, 0) is 11.2 Å². The smallest absolute Gasteiger partial charge is 0.272 e. The number of carbonyl (C=O) groups is 2. The van der Waals surface area contributed by atoms with E-state index < -0.39 is 0 Å². The predicted octanol–water partition coefficient (Wildman–Crippen LogP) is 3.83. The van der Waals surface area contributed by atoms with Crippen LogP contribution in [0.25, 0.3) is 5.69 Å². The first kappa shape index (κ1) is 23.9. The lowest BCUT2D eigenvalue weighted by Gasteiger charge is -2.15. The lowest BCUT2D eigenvalue weighted by Crippen LogP contribution is -2.24. The summed E-state index contributed by atoms with van der Waals surface area (Å²) in [6, 6.07) is 11.9. The SMILES string of the molecule is COc1ccc(-n2c(SCC(=O)Nc3ccc(C(C)=O)cc3)nc3c(c2=O)SCC3)cc1OC. The lowest BCUT2D eigenvalue weighted by molar-refractivity contribution is -0.113. The minimum atomic E-state index is -0.247. The number of benzene rings is 2. The Balaban J connectivity index is 1.60. The molecule has 1 aliphatic heterocycles.